The number of aryl methyl sites for hydroxylation is 1. The van der Waals surface area contributed by atoms with E-state index in [9.17, 15) is 0 Å². The minimum atomic E-state index is 0.0356. The highest BCUT2D eigenvalue weighted by atomic mass is 14.8. The lowest BCUT2D eigenvalue weighted by Gasteiger charge is -2.27. The molecule has 144 valence electrons. The van der Waals surface area contributed by atoms with Gasteiger partial charge in [0, 0.05) is 17.2 Å². The lowest BCUT2D eigenvalue weighted by Crippen LogP contribution is -2.21. The van der Waals surface area contributed by atoms with Gasteiger partial charge in [0.2, 0.25) is 0 Å². The molecule has 2 aliphatic carbocycles. The molecule has 0 aliphatic heterocycles. The molecule has 0 radical (unpaired) electrons. The number of nitrogens with zero attached hydrogens (tertiary/aromatic N) is 2. The number of benzene rings is 1. The molecule has 1 spiro atoms. The molecule has 0 saturated heterocycles. The number of rotatable bonds is 2. The molecule has 0 atom stereocenters. The summed E-state index contributed by atoms with van der Waals surface area (Å²) in [5.41, 5.74) is 8.70. The van der Waals surface area contributed by atoms with E-state index in [0.717, 1.165) is 17.8 Å². The Morgan fingerprint density at radius 2 is 1.67 bits per heavy atom. The molecule has 1 aromatic heterocycles. The average molecular weight is 363 g/mol. The van der Waals surface area contributed by atoms with Crippen molar-refractivity contribution in [2.75, 3.05) is 0 Å². The van der Waals surface area contributed by atoms with Crippen LogP contribution in [0.15, 0.2) is 24.5 Å². The Bertz CT molecular complexity index is 847. The Morgan fingerprint density at radius 1 is 0.963 bits per heavy atom. The van der Waals surface area contributed by atoms with Gasteiger partial charge in [0.05, 0.1) is 17.6 Å². The van der Waals surface area contributed by atoms with Gasteiger partial charge in [-0.1, -0.05) is 60.5 Å². The summed E-state index contributed by atoms with van der Waals surface area (Å²) in [6.45, 7) is 13.7. The van der Waals surface area contributed by atoms with Crippen molar-refractivity contribution < 1.29 is 0 Å². The topological polar surface area (TPSA) is 25.8 Å². The van der Waals surface area contributed by atoms with Gasteiger partial charge in [0.25, 0.3) is 0 Å². The Labute approximate surface area is 164 Å². The summed E-state index contributed by atoms with van der Waals surface area (Å²) >= 11 is 0. The van der Waals surface area contributed by atoms with Gasteiger partial charge in [-0.15, -0.1) is 0 Å². The Hall–Kier alpha value is -1.70. The van der Waals surface area contributed by atoms with E-state index in [2.05, 4.69) is 53.7 Å². The van der Waals surface area contributed by atoms with E-state index < -0.39 is 0 Å². The number of fused-ring (bicyclic) bond motifs is 2. The van der Waals surface area contributed by atoms with E-state index in [1.165, 1.54) is 43.2 Å². The highest BCUT2D eigenvalue weighted by Crippen LogP contribution is 2.57. The Kier molecular flexibility index (Phi) is 4.25. The van der Waals surface area contributed by atoms with Crippen LogP contribution in [0.5, 0.6) is 0 Å². The van der Waals surface area contributed by atoms with Crippen LogP contribution in [0.25, 0.3) is 11.3 Å². The number of hydrogen-bond donors (Lipinski definition) is 0. The Balaban J connectivity index is 1.84. The van der Waals surface area contributed by atoms with E-state index in [1.54, 1.807) is 11.1 Å². The second-order valence-corrected chi connectivity index (χ2v) is 10.5. The van der Waals surface area contributed by atoms with Crippen molar-refractivity contribution in [2.45, 2.75) is 96.3 Å². The molecule has 2 aliphatic rings. The van der Waals surface area contributed by atoms with Crippen molar-refractivity contribution in [1.29, 1.82) is 0 Å². The SMILES string of the molecule is CCc1cc2c(cc1-c1cnc(C(C)(C)C)cn1)C(C)(C)CC21CCCC1. The molecule has 4 rings (SSSR count). The van der Waals surface area contributed by atoms with Crippen LogP contribution in [0, 0.1) is 0 Å². The van der Waals surface area contributed by atoms with Crippen LogP contribution in [-0.2, 0) is 22.7 Å². The first-order valence-corrected chi connectivity index (χ1v) is 10.7. The molecule has 2 heteroatoms. The fourth-order valence-electron chi connectivity index (χ4n) is 5.56. The first-order chi connectivity index (χ1) is 12.7. The van der Waals surface area contributed by atoms with Crippen LogP contribution >= 0.6 is 0 Å². The normalized spacial score (nSPS) is 20.2. The minimum absolute atomic E-state index is 0.0356. The van der Waals surface area contributed by atoms with Gasteiger partial charge >= 0.3 is 0 Å². The Morgan fingerprint density at radius 3 is 2.22 bits per heavy atom. The summed E-state index contributed by atoms with van der Waals surface area (Å²) in [5.74, 6) is 0. The predicted molar refractivity (Wildman–Crippen MR) is 113 cm³/mol. The molecule has 27 heavy (non-hydrogen) atoms. The second-order valence-electron chi connectivity index (χ2n) is 10.5. The van der Waals surface area contributed by atoms with E-state index >= 15 is 0 Å². The van der Waals surface area contributed by atoms with Gasteiger partial charge in [-0.3, -0.25) is 9.97 Å². The monoisotopic (exact) mass is 362 g/mol. The van der Waals surface area contributed by atoms with Crippen molar-refractivity contribution >= 4 is 0 Å². The maximum Gasteiger partial charge on any atom is 0.0888 e. The summed E-state index contributed by atoms with van der Waals surface area (Å²) in [6.07, 6.45) is 11.8. The molecule has 2 aromatic rings. The van der Waals surface area contributed by atoms with Crippen LogP contribution in [0.3, 0.4) is 0 Å². The second kappa shape index (κ2) is 6.15. The molecular formula is C25H34N2. The van der Waals surface area contributed by atoms with Gasteiger partial charge in [0.1, 0.15) is 0 Å². The lowest BCUT2D eigenvalue weighted by atomic mass is 9.77. The van der Waals surface area contributed by atoms with Gasteiger partial charge in [-0.05, 0) is 59.3 Å². The van der Waals surface area contributed by atoms with E-state index in [1.807, 2.05) is 12.4 Å². The maximum atomic E-state index is 4.82. The fraction of sp³-hybridized carbons (Fsp3) is 0.600. The molecule has 1 saturated carbocycles. The van der Waals surface area contributed by atoms with E-state index in [-0.39, 0.29) is 10.8 Å². The molecule has 0 amide bonds. The third-order valence-corrected chi connectivity index (χ3v) is 6.96. The zero-order valence-electron chi connectivity index (χ0n) is 17.9. The van der Waals surface area contributed by atoms with Gasteiger partial charge in [-0.25, -0.2) is 0 Å². The minimum Gasteiger partial charge on any atom is -0.257 e. The zero-order chi connectivity index (χ0) is 19.4. The summed E-state index contributed by atoms with van der Waals surface area (Å²) in [6, 6.07) is 4.99. The van der Waals surface area contributed by atoms with E-state index in [4.69, 9.17) is 9.97 Å². The summed E-state index contributed by atoms with van der Waals surface area (Å²) in [4.78, 5) is 9.56. The molecule has 0 bridgehead atoms. The third kappa shape index (κ3) is 3.02. The maximum absolute atomic E-state index is 4.82. The quantitative estimate of drug-likeness (QED) is 0.609. The summed E-state index contributed by atoms with van der Waals surface area (Å²) in [7, 11) is 0. The molecule has 0 N–H and O–H groups in total. The first kappa shape index (κ1) is 18.7. The zero-order valence-corrected chi connectivity index (χ0v) is 17.9. The van der Waals surface area contributed by atoms with Crippen LogP contribution < -0.4 is 0 Å². The van der Waals surface area contributed by atoms with Gasteiger partial charge in [-0.2, -0.15) is 0 Å². The highest BCUT2D eigenvalue weighted by Gasteiger charge is 2.49. The molecule has 0 unspecified atom stereocenters. The number of aromatic nitrogens is 2. The third-order valence-electron chi connectivity index (χ3n) is 6.96. The summed E-state index contributed by atoms with van der Waals surface area (Å²) in [5, 5.41) is 0. The number of hydrogen-bond acceptors (Lipinski definition) is 2. The van der Waals surface area contributed by atoms with Crippen molar-refractivity contribution in [3.05, 3.63) is 46.9 Å². The molecule has 1 aromatic carbocycles. The molecular weight excluding hydrogens is 328 g/mol. The van der Waals surface area contributed by atoms with Crippen LogP contribution in [0.4, 0.5) is 0 Å². The largest absolute Gasteiger partial charge is 0.257 e. The predicted octanol–water partition coefficient (Wildman–Crippen LogP) is 6.50. The molecule has 1 fully saturated rings. The summed E-state index contributed by atoms with van der Waals surface area (Å²) < 4.78 is 0. The van der Waals surface area contributed by atoms with Crippen LogP contribution in [-0.4, -0.2) is 9.97 Å². The van der Waals surface area contributed by atoms with Gasteiger partial charge < -0.3 is 0 Å². The smallest absolute Gasteiger partial charge is 0.0888 e. The van der Waals surface area contributed by atoms with Crippen molar-refractivity contribution in [1.82, 2.24) is 9.97 Å². The molecule has 1 heterocycles. The van der Waals surface area contributed by atoms with Crippen LogP contribution in [0.1, 0.15) is 96.0 Å². The van der Waals surface area contributed by atoms with Crippen LogP contribution in [0.2, 0.25) is 0 Å². The van der Waals surface area contributed by atoms with Crippen molar-refractivity contribution in [3.63, 3.8) is 0 Å². The van der Waals surface area contributed by atoms with Crippen molar-refractivity contribution in [2.24, 2.45) is 0 Å². The van der Waals surface area contributed by atoms with E-state index in [0.29, 0.717) is 5.41 Å². The highest BCUT2D eigenvalue weighted by molar-refractivity contribution is 5.68. The fourth-order valence-corrected chi connectivity index (χ4v) is 5.56. The van der Waals surface area contributed by atoms with Gasteiger partial charge in [0.15, 0.2) is 0 Å². The average Bonchev–Trinajstić information content (AvgIpc) is 3.16. The van der Waals surface area contributed by atoms with Crippen molar-refractivity contribution in [3.8, 4) is 11.3 Å². The molecule has 2 nitrogen and oxygen atoms in total. The first-order valence-electron chi connectivity index (χ1n) is 10.7. The standard InChI is InChI=1S/C25H34N2/c1-7-17-12-20-19(24(5,6)16-25(20)10-8-9-11-25)13-18(17)21-14-27-22(15-26-21)23(2,3)4/h12-15H,7-11,16H2,1-6H3. The lowest BCUT2D eigenvalue weighted by molar-refractivity contribution is 0.357.